The van der Waals surface area contributed by atoms with Crippen LogP contribution in [0.4, 0.5) is 0 Å². The Morgan fingerprint density at radius 2 is 1.70 bits per heavy atom. The minimum Gasteiger partial charge on any atom is -0.504 e. The maximum atomic E-state index is 11.7. The number of aromatic hydroxyl groups is 2. The Morgan fingerprint density at radius 3 is 2.46 bits per heavy atom. The number of nitrogens with zero attached hydrogens (tertiary/aromatic N) is 2. The predicted molar refractivity (Wildman–Crippen MR) is 144 cm³/mol. The molecule has 0 aliphatic carbocycles. The molecule has 6 heteroatoms. The van der Waals surface area contributed by atoms with Crippen LogP contribution in [0.25, 0.3) is 28.5 Å². The van der Waals surface area contributed by atoms with E-state index >= 15 is 0 Å². The molecular formula is C31H27N3O3. The van der Waals surface area contributed by atoms with Gasteiger partial charge in [-0.05, 0) is 59.1 Å². The highest BCUT2D eigenvalue weighted by atomic mass is 16.3. The number of pyridine rings is 1. The second kappa shape index (κ2) is 9.56. The van der Waals surface area contributed by atoms with Gasteiger partial charge in [-0.2, -0.15) is 0 Å². The molecule has 3 N–H and O–H groups in total. The van der Waals surface area contributed by atoms with Crippen LogP contribution >= 0.6 is 0 Å². The second-order valence-corrected chi connectivity index (χ2v) is 9.61. The van der Waals surface area contributed by atoms with Gasteiger partial charge in [-0.1, -0.05) is 54.6 Å². The monoisotopic (exact) mass is 489 g/mol. The fourth-order valence-corrected chi connectivity index (χ4v) is 5.22. The summed E-state index contributed by atoms with van der Waals surface area (Å²) in [5.74, 6) is -0.122. The Balaban J connectivity index is 1.30. The number of hydrogen-bond donors (Lipinski definition) is 3. The summed E-state index contributed by atoms with van der Waals surface area (Å²) in [5.41, 5.74) is 8.97. The molecule has 2 aliphatic heterocycles. The lowest BCUT2D eigenvalue weighted by molar-refractivity contribution is -0.109. The third-order valence-corrected chi connectivity index (χ3v) is 7.18. The first-order chi connectivity index (χ1) is 18.1. The van der Waals surface area contributed by atoms with Gasteiger partial charge in [-0.3, -0.25) is 4.90 Å². The van der Waals surface area contributed by atoms with Gasteiger partial charge in [0.1, 0.15) is 12.3 Å². The molecule has 4 aromatic rings. The molecule has 0 fully saturated rings. The SMILES string of the molecule is O=CC1NC=Cc2nc(-c3ccc(CN4CCc5cc(O)c(O)cc5C4)cc3)c(-c3ccccc3)cc21. The van der Waals surface area contributed by atoms with Crippen molar-refractivity contribution in [2.24, 2.45) is 0 Å². The molecule has 0 saturated heterocycles. The Bertz CT molecular complexity index is 1500. The van der Waals surface area contributed by atoms with Crippen LogP contribution in [0.1, 0.15) is 34.0 Å². The molecule has 0 spiro atoms. The van der Waals surface area contributed by atoms with Crippen LogP contribution in [-0.4, -0.2) is 32.9 Å². The fraction of sp³-hybridized carbons (Fsp3) is 0.161. The minimum atomic E-state index is -0.410. The third kappa shape index (κ3) is 4.47. The van der Waals surface area contributed by atoms with Gasteiger partial charge in [0.2, 0.25) is 0 Å². The first-order valence-electron chi connectivity index (χ1n) is 12.4. The lowest BCUT2D eigenvalue weighted by Gasteiger charge is -2.29. The van der Waals surface area contributed by atoms with E-state index in [2.05, 4.69) is 52.7 Å². The summed E-state index contributed by atoms with van der Waals surface area (Å²) >= 11 is 0. The van der Waals surface area contributed by atoms with Gasteiger partial charge in [-0.15, -0.1) is 0 Å². The van der Waals surface area contributed by atoms with Gasteiger partial charge in [0.25, 0.3) is 0 Å². The van der Waals surface area contributed by atoms with Crippen molar-refractivity contribution in [1.82, 2.24) is 15.2 Å². The topological polar surface area (TPSA) is 85.7 Å². The van der Waals surface area contributed by atoms with Crippen LogP contribution in [-0.2, 0) is 24.3 Å². The van der Waals surface area contributed by atoms with Crippen LogP contribution in [0, 0.1) is 0 Å². The van der Waals surface area contributed by atoms with Gasteiger partial charge in [-0.25, -0.2) is 4.98 Å². The van der Waals surface area contributed by atoms with E-state index in [9.17, 15) is 15.0 Å². The number of fused-ring (bicyclic) bond motifs is 2. The van der Waals surface area contributed by atoms with Gasteiger partial charge >= 0.3 is 0 Å². The summed E-state index contributed by atoms with van der Waals surface area (Å²) in [5, 5.41) is 22.8. The lowest BCUT2D eigenvalue weighted by atomic mass is 9.93. The van der Waals surface area contributed by atoms with Gasteiger partial charge < -0.3 is 20.3 Å². The standard InChI is InChI=1S/C31H27N3O3/c35-19-28-26-16-25(21-4-2-1-3-5-21)31(33-27(26)10-12-32-28)22-8-6-20(7-9-22)17-34-13-11-23-14-29(36)30(37)15-24(23)18-34/h1-10,12,14-16,19,28,32,36-37H,11,13,17-18H2. The Labute approximate surface area is 215 Å². The van der Waals surface area contributed by atoms with Crippen LogP contribution < -0.4 is 5.32 Å². The highest BCUT2D eigenvalue weighted by molar-refractivity contribution is 5.84. The van der Waals surface area contributed by atoms with E-state index in [1.165, 1.54) is 5.56 Å². The summed E-state index contributed by atoms with van der Waals surface area (Å²) < 4.78 is 0. The van der Waals surface area contributed by atoms with Crippen LogP contribution in [0.15, 0.2) is 79.0 Å². The number of hydrogen-bond acceptors (Lipinski definition) is 6. The normalized spacial score (nSPS) is 16.5. The van der Waals surface area contributed by atoms with Gasteiger partial charge in [0.15, 0.2) is 11.5 Å². The quantitative estimate of drug-likeness (QED) is 0.264. The molecule has 3 heterocycles. The van der Waals surface area contributed by atoms with E-state index in [1.807, 2.05) is 24.3 Å². The van der Waals surface area contributed by atoms with Crippen molar-refractivity contribution in [2.45, 2.75) is 25.6 Å². The second-order valence-electron chi connectivity index (χ2n) is 9.61. The average Bonchev–Trinajstić information content (AvgIpc) is 2.93. The van der Waals surface area contributed by atoms with E-state index in [1.54, 1.807) is 18.3 Å². The molecule has 0 saturated carbocycles. The Hall–Kier alpha value is -4.42. The first kappa shape index (κ1) is 23.0. The number of rotatable bonds is 5. The zero-order chi connectivity index (χ0) is 25.4. The first-order valence-corrected chi connectivity index (χ1v) is 12.4. The number of phenols is 2. The van der Waals surface area contributed by atoms with E-state index in [4.69, 9.17) is 4.98 Å². The van der Waals surface area contributed by atoms with Crippen molar-refractivity contribution in [3.63, 3.8) is 0 Å². The molecule has 184 valence electrons. The lowest BCUT2D eigenvalue weighted by Crippen LogP contribution is -2.29. The summed E-state index contributed by atoms with van der Waals surface area (Å²) in [4.78, 5) is 19.0. The molecule has 6 rings (SSSR count). The maximum Gasteiger partial charge on any atom is 0.157 e. The zero-order valence-electron chi connectivity index (χ0n) is 20.3. The number of carbonyl (C=O) groups excluding carboxylic acids is 1. The zero-order valence-corrected chi connectivity index (χ0v) is 20.3. The number of nitrogens with one attached hydrogen (secondary N) is 1. The van der Waals surface area contributed by atoms with Crippen molar-refractivity contribution >= 4 is 12.4 Å². The summed E-state index contributed by atoms with van der Waals surface area (Å²) in [7, 11) is 0. The third-order valence-electron chi connectivity index (χ3n) is 7.18. The van der Waals surface area contributed by atoms with Crippen molar-refractivity contribution in [3.8, 4) is 33.9 Å². The Morgan fingerprint density at radius 1 is 0.946 bits per heavy atom. The van der Waals surface area contributed by atoms with Gasteiger partial charge in [0.05, 0.1) is 11.4 Å². The van der Waals surface area contributed by atoms with E-state index in [0.29, 0.717) is 0 Å². The van der Waals surface area contributed by atoms with Crippen molar-refractivity contribution in [1.29, 1.82) is 0 Å². The molecule has 37 heavy (non-hydrogen) atoms. The molecule has 1 unspecified atom stereocenters. The fourth-order valence-electron chi connectivity index (χ4n) is 5.22. The minimum absolute atomic E-state index is 0.0538. The molecule has 2 aliphatic rings. The maximum absolute atomic E-state index is 11.7. The summed E-state index contributed by atoms with van der Waals surface area (Å²) in [6, 6.07) is 23.7. The number of carbonyl (C=O) groups is 1. The molecular weight excluding hydrogens is 462 g/mol. The molecule has 0 bridgehead atoms. The molecule has 1 atom stereocenters. The Kier molecular flexibility index (Phi) is 5.94. The molecule has 0 amide bonds. The van der Waals surface area contributed by atoms with Crippen molar-refractivity contribution in [2.75, 3.05) is 6.54 Å². The number of phenolic OH excluding ortho intramolecular Hbond substituents is 2. The van der Waals surface area contributed by atoms with E-state index in [-0.39, 0.29) is 11.5 Å². The number of benzene rings is 3. The summed E-state index contributed by atoms with van der Waals surface area (Å²) in [6.45, 7) is 2.41. The average molecular weight is 490 g/mol. The van der Waals surface area contributed by atoms with Crippen LogP contribution in [0.3, 0.4) is 0 Å². The van der Waals surface area contributed by atoms with E-state index < -0.39 is 6.04 Å². The smallest absolute Gasteiger partial charge is 0.157 e. The molecule has 0 radical (unpaired) electrons. The predicted octanol–water partition coefficient (Wildman–Crippen LogP) is 5.20. The molecule has 6 nitrogen and oxygen atoms in total. The van der Waals surface area contributed by atoms with Crippen LogP contribution in [0.5, 0.6) is 11.5 Å². The van der Waals surface area contributed by atoms with Crippen LogP contribution in [0.2, 0.25) is 0 Å². The molecule has 1 aromatic heterocycles. The van der Waals surface area contributed by atoms with Crippen molar-refractivity contribution < 1.29 is 15.0 Å². The van der Waals surface area contributed by atoms with Crippen molar-refractivity contribution in [3.05, 3.63) is 107 Å². The largest absolute Gasteiger partial charge is 0.504 e. The number of aldehydes is 1. The number of aromatic nitrogens is 1. The highest BCUT2D eigenvalue weighted by Gasteiger charge is 2.22. The van der Waals surface area contributed by atoms with E-state index in [0.717, 1.165) is 77.1 Å². The summed E-state index contributed by atoms with van der Waals surface area (Å²) in [6.07, 6.45) is 5.44. The van der Waals surface area contributed by atoms with Gasteiger partial charge in [0, 0.05) is 36.3 Å². The highest BCUT2D eigenvalue weighted by Crippen LogP contribution is 2.36. The molecule has 3 aromatic carbocycles.